The lowest BCUT2D eigenvalue weighted by Gasteiger charge is -2.41. The van der Waals surface area contributed by atoms with Crippen LogP contribution in [0.25, 0.3) is 0 Å². The molecule has 0 aromatic heterocycles. The third-order valence-electron chi connectivity index (χ3n) is 4.50. The van der Waals surface area contributed by atoms with Gasteiger partial charge in [0.15, 0.2) is 0 Å². The van der Waals surface area contributed by atoms with Gasteiger partial charge >= 0.3 is 0 Å². The highest BCUT2D eigenvalue weighted by Crippen LogP contribution is 2.28. The molecular formula is C16H19FN2O2. The molecule has 0 N–H and O–H groups in total. The summed E-state index contributed by atoms with van der Waals surface area (Å²) in [4.78, 5) is 28.3. The van der Waals surface area contributed by atoms with Crippen molar-refractivity contribution in [3.05, 3.63) is 35.1 Å². The van der Waals surface area contributed by atoms with E-state index in [1.165, 1.54) is 6.07 Å². The highest BCUT2D eigenvalue weighted by Gasteiger charge is 2.45. The van der Waals surface area contributed by atoms with Crippen LogP contribution in [0.2, 0.25) is 0 Å². The molecule has 0 spiro atoms. The van der Waals surface area contributed by atoms with Crippen LogP contribution in [0.4, 0.5) is 4.39 Å². The van der Waals surface area contributed by atoms with Crippen molar-refractivity contribution in [2.75, 3.05) is 6.54 Å². The number of piperazine rings is 1. The summed E-state index contributed by atoms with van der Waals surface area (Å²) in [5.74, 6) is -0.215. The van der Waals surface area contributed by atoms with Gasteiger partial charge in [0.25, 0.3) is 0 Å². The maximum atomic E-state index is 13.3. The predicted octanol–water partition coefficient (Wildman–Crippen LogP) is 1.86. The van der Waals surface area contributed by atoms with Crippen LogP contribution in [-0.4, -0.2) is 40.2 Å². The zero-order chi connectivity index (χ0) is 15.1. The first-order valence-electron chi connectivity index (χ1n) is 7.35. The van der Waals surface area contributed by atoms with Gasteiger partial charge in [-0.15, -0.1) is 0 Å². The molecule has 2 fully saturated rings. The fourth-order valence-corrected chi connectivity index (χ4v) is 3.26. The zero-order valence-electron chi connectivity index (χ0n) is 12.3. The van der Waals surface area contributed by atoms with E-state index in [0.29, 0.717) is 18.7 Å². The monoisotopic (exact) mass is 290 g/mol. The highest BCUT2D eigenvalue weighted by atomic mass is 19.1. The maximum absolute atomic E-state index is 13.3. The van der Waals surface area contributed by atoms with Crippen molar-refractivity contribution in [2.45, 2.75) is 45.3 Å². The van der Waals surface area contributed by atoms with Gasteiger partial charge < -0.3 is 9.80 Å². The Morgan fingerprint density at radius 3 is 2.76 bits per heavy atom. The van der Waals surface area contributed by atoms with Gasteiger partial charge in [0.1, 0.15) is 17.9 Å². The van der Waals surface area contributed by atoms with Crippen molar-refractivity contribution in [1.82, 2.24) is 9.80 Å². The Morgan fingerprint density at radius 1 is 1.29 bits per heavy atom. The van der Waals surface area contributed by atoms with E-state index in [1.807, 2.05) is 0 Å². The van der Waals surface area contributed by atoms with Crippen LogP contribution < -0.4 is 0 Å². The first kappa shape index (κ1) is 14.0. The lowest BCUT2D eigenvalue weighted by molar-refractivity contribution is -0.159. The van der Waals surface area contributed by atoms with Crippen LogP contribution >= 0.6 is 0 Å². The molecule has 4 nitrogen and oxygen atoms in total. The normalized spacial score (nSPS) is 25.5. The van der Waals surface area contributed by atoms with Crippen LogP contribution in [-0.2, 0) is 16.1 Å². The molecular weight excluding hydrogens is 271 g/mol. The Bertz CT molecular complexity index is 602. The minimum atomic E-state index is -0.447. The standard InChI is InChI=1S/C16H19FN2O2/c1-10-8-12(5-6-13(10)17)9-19-11(2)15(20)18-7-3-4-14(18)16(19)21/h5-6,8,11,14H,3-4,7,9H2,1-2H3/t11-,14-/m0/s1. The van der Waals surface area contributed by atoms with E-state index in [4.69, 9.17) is 0 Å². The number of nitrogens with zero attached hydrogens (tertiary/aromatic N) is 2. The number of amides is 2. The minimum absolute atomic E-state index is 0.0154. The van der Waals surface area contributed by atoms with Gasteiger partial charge in [-0.3, -0.25) is 9.59 Å². The Hall–Kier alpha value is -1.91. The average molecular weight is 290 g/mol. The predicted molar refractivity (Wildman–Crippen MR) is 75.9 cm³/mol. The van der Waals surface area contributed by atoms with E-state index in [1.54, 1.807) is 35.8 Å². The van der Waals surface area contributed by atoms with Gasteiger partial charge in [-0.25, -0.2) is 4.39 Å². The number of carbonyl (C=O) groups is 2. The fourth-order valence-electron chi connectivity index (χ4n) is 3.26. The maximum Gasteiger partial charge on any atom is 0.246 e. The van der Waals surface area contributed by atoms with E-state index in [2.05, 4.69) is 0 Å². The lowest BCUT2D eigenvalue weighted by atomic mass is 10.0. The summed E-state index contributed by atoms with van der Waals surface area (Å²) in [5, 5.41) is 0. The van der Waals surface area contributed by atoms with Gasteiger partial charge in [-0.2, -0.15) is 0 Å². The molecule has 2 saturated heterocycles. The number of fused-ring (bicyclic) bond motifs is 1. The lowest BCUT2D eigenvalue weighted by Crippen LogP contribution is -2.61. The van der Waals surface area contributed by atoms with E-state index in [0.717, 1.165) is 18.4 Å². The molecule has 0 bridgehead atoms. The smallest absolute Gasteiger partial charge is 0.246 e. The summed E-state index contributed by atoms with van der Waals surface area (Å²) in [7, 11) is 0. The molecule has 2 atom stereocenters. The van der Waals surface area contributed by atoms with Crippen LogP contribution in [0.3, 0.4) is 0 Å². The van der Waals surface area contributed by atoms with Crippen LogP contribution in [0.5, 0.6) is 0 Å². The molecule has 0 radical (unpaired) electrons. The molecule has 0 aliphatic carbocycles. The molecule has 112 valence electrons. The molecule has 2 aliphatic heterocycles. The topological polar surface area (TPSA) is 40.6 Å². The largest absolute Gasteiger partial charge is 0.329 e. The van der Waals surface area contributed by atoms with Crippen molar-refractivity contribution in [3.63, 3.8) is 0 Å². The fraction of sp³-hybridized carbons (Fsp3) is 0.500. The van der Waals surface area contributed by atoms with E-state index < -0.39 is 6.04 Å². The second kappa shape index (κ2) is 5.13. The summed E-state index contributed by atoms with van der Waals surface area (Å²) in [6.07, 6.45) is 1.63. The van der Waals surface area contributed by atoms with Gasteiger partial charge in [-0.1, -0.05) is 12.1 Å². The number of aryl methyl sites for hydroxylation is 1. The summed E-state index contributed by atoms with van der Waals surface area (Å²) in [5.41, 5.74) is 1.41. The quantitative estimate of drug-likeness (QED) is 0.834. The molecule has 21 heavy (non-hydrogen) atoms. The van der Waals surface area contributed by atoms with Crippen molar-refractivity contribution in [3.8, 4) is 0 Å². The number of hydrogen-bond donors (Lipinski definition) is 0. The van der Waals surface area contributed by atoms with Crippen LogP contribution in [0.1, 0.15) is 30.9 Å². The Kier molecular flexibility index (Phi) is 3.43. The molecule has 3 rings (SSSR count). The Labute approximate surface area is 123 Å². The number of hydrogen-bond acceptors (Lipinski definition) is 2. The molecule has 2 aliphatic rings. The van der Waals surface area contributed by atoms with Gasteiger partial charge in [-0.05, 0) is 43.9 Å². The zero-order valence-corrected chi connectivity index (χ0v) is 12.3. The van der Waals surface area contributed by atoms with Gasteiger partial charge in [0, 0.05) is 13.1 Å². The molecule has 2 heterocycles. The molecule has 1 aromatic rings. The first-order valence-corrected chi connectivity index (χ1v) is 7.35. The van der Waals surface area contributed by atoms with Gasteiger partial charge in [0.05, 0.1) is 0 Å². The number of halogens is 1. The summed E-state index contributed by atoms with van der Waals surface area (Å²) < 4.78 is 13.3. The second-order valence-electron chi connectivity index (χ2n) is 5.92. The van der Waals surface area contributed by atoms with Gasteiger partial charge in [0.2, 0.25) is 11.8 Å². The van der Waals surface area contributed by atoms with E-state index in [-0.39, 0.29) is 23.7 Å². The molecule has 0 unspecified atom stereocenters. The summed E-state index contributed by atoms with van der Waals surface area (Å²) in [6.45, 7) is 4.51. The van der Waals surface area contributed by atoms with E-state index >= 15 is 0 Å². The summed E-state index contributed by atoms with van der Waals surface area (Å²) >= 11 is 0. The average Bonchev–Trinajstić information content (AvgIpc) is 2.95. The second-order valence-corrected chi connectivity index (χ2v) is 5.92. The first-order chi connectivity index (χ1) is 9.99. The van der Waals surface area contributed by atoms with Crippen LogP contribution in [0, 0.1) is 12.7 Å². The Morgan fingerprint density at radius 2 is 2.05 bits per heavy atom. The SMILES string of the molecule is Cc1cc(CN2C(=O)[C@@H]3CCCN3C(=O)[C@@H]2C)ccc1F. The number of benzene rings is 1. The van der Waals surface area contributed by atoms with Crippen molar-refractivity contribution in [2.24, 2.45) is 0 Å². The van der Waals surface area contributed by atoms with Crippen molar-refractivity contribution >= 4 is 11.8 Å². The number of carbonyl (C=O) groups excluding carboxylic acids is 2. The third kappa shape index (κ3) is 2.30. The summed E-state index contributed by atoms with van der Waals surface area (Å²) in [6, 6.07) is 4.08. The van der Waals surface area contributed by atoms with Crippen LogP contribution in [0.15, 0.2) is 18.2 Å². The molecule has 2 amide bonds. The third-order valence-corrected chi connectivity index (χ3v) is 4.50. The molecule has 1 aromatic carbocycles. The minimum Gasteiger partial charge on any atom is -0.329 e. The number of rotatable bonds is 2. The molecule has 5 heteroatoms. The molecule has 0 saturated carbocycles. The highest BCUT2D eigenvalue weighted by molar-refractivity contribution is 5.97. The van der Waals surface area contributed by atoms with Crippen molar-refractivity contribution in [1.29, 1.82) is 0 Å². The Balaban J connectivity index is 1.85. The van der Waals surface area contributed by atoms with E-state index in [9.17, 15) is 14.0 Å². The van der Waals surface area contributed by atoms with Crippen molar-refractivity contribution < 1.29 is 14.0 Å².